The molecule has 0 aromatic heterocycles. The predicted octanol–water partition coefficient (Wildman–Crippen LogP) is 7.00. The van der Waals surface area contributed by atoms with E-state index in [1.54, 1.807) is 60.8 Å². The third-order valence-electron chi connectivity index (χ3n) is 7.94. The van der Waals surface area contributed by atoms with Crippen molar-refractivity contribution in [2.45, 2.75) is 130 Å². The second-order valence-electron chi connectivity index (χ2n) is 15.7. The summed E-state index contributed by atoms with van der Waals surface area (Å²) in [6.07, 6.45) is -2.75. The molecule has 0 bridgehead atoms. The van der Waals surface area contributed by atoms with Gasteiger partial charge in [0.2, 0.25) is 0 Å². The van der Waals surface area contributed by atoms with Crippen LogP contribution >= 0.6 is 0 Å². The number of amides is 2. The van der Waals surface area contributed by atoms with Gasteiger partial charge in [-0.05, 0) is 108 Å². The van der Waals surface area contributed by atoms with E-state index in [2.05, 4.69) is 10.6 Å². The Morgan fingerprint density at radius 3 is 1.96 bits per heavy atom. The lowest BCUT2D eigenvalue weighted by Crippen LogP contribution is -2.51. The zero-order valence-corrected chi connectivity index (χ0v) is 31.9. The molecule has 3 atom stereocenters. The fraction of sp³-hybridized carbons (Fsp3) is 0.590. The highest BCUT2D eigenvalue weighted by molar-refractivity contribution is 5.84. The maximum Gasteiger partial charge on any atom is 0.408 e. The Morgan fingerprint density at radius 1 is 0.808 bits per heavy atom. The Morgan fingerprint density at radius 2 is 1.38 bits per heavy atom. The fourth-order valence-corrected chi connectivity index (χ4v) is 5.12. The van der Waals surface area contributed by atoms with Crippen LogP contribution in [0.3, 0.4) is 0 Å². The number of ether oxygens (including phenoxy) is 4. The molecule has 290 valence electrons. The summed E-state index contributed by atoms with van der Waals surface area (Å²) in [4.78, 5) is 51.5. The number of Topliss-reactive ketones (excluding diaryl/α,β-unsaturated/α-hetero) is 2. The van der Waals surface area contributed by atoms with Gasteiger partial charge in [0.1, 0.15) is 40.5 Å². The van der Waals surface area contributed by atoms with Crippen molar-refractivity contribution >= 4 is 23.8 Å². The van der Waals surface area contributed by atoms with Crippen LogP contribution in [-0.4, -0.2) is 72.0 Å². The average Bonchev–Trinajstić information content (AvgIpc) is 3.02. The standard InChI is InChI=1S/C39H56F2N2O9/c1-37(2,3)51-35(47)42-28(21-26-20-27(40)12-15-31(26)41)22-29(44)16-18-39(7,8)19-17-33(45)34(46)32(43-36(48)52-38(4,5)6)24-50-23-25-10-13-30(49-9)14-11-25/h10-15,20,28,32,34,46H,16-19,21-24H2,1-9H3,(H,42,47)(H,43,48). The average molecular weight is 735 g/mol. The van der Waals surface area contributed by atoms with Gasteiger partial charge in [0.25, 0.3) is 0 Å². The van der Waals surface area contributed by atoms with Gasteiger partial charge in [-0.3, -0.25) is 9.59 Å². The topological polar surface area (TPSA) is 149 Å². The van der Waals surface area contributed by atoms with Gasteiger partial charge in [-0.15, -0.1) is 0 Å². The lowest BCUT2D eigenvalue weighted by atomic mass is 9.81. The molecule has 0 saturated heterocycles. The number of carbonyl (C=O) groups excluding carboxylic acids is 4. The predicted molar refractivity (Wildman–Crippen MR) is 192 cm³/mol. The highest BCUT2D eigenvalue weighted by Crippen LogP contribution is 2.30. The van der Waals surface area contributed by atoms with Gasteiger partial charge in [-0.1, -0.05) is 26.0 Å². The van der Waals surface area contributed by atoms with Crippen LogP contribution in [-0.2, 0) is 36.8 Å². The summed E-state index contributed by atoms with van der Waals surface area (Å²) in [5, 5.41) is 16.2. The van der Waals surface area contributed by atoms with Crippen LogP contribution in [0.5, 0.6) is 5.75 Å². The third-order valence-corrected chi connectivity index (χ3v) is 7.94. The number of alkyl carbamates (subject to hydrolysis) is 2. The molecule has 3 unspecified atom stereocenters. The van der Waals surface area contributed by atoms with Crippen LogP contribution in [0.25, 0.3) is 0 Å². The van der Waals surface area contributed by atoms with Crippen molar-refractivity contribution in [3.63, 3.8) is 0 Å². The molecule has 2 rings (SSSR count). The summed E-state index contributed by atoms with van der Waals surface area (Å²) in [5.74, 6) is -1.38. The van der Waals surface area contributed by atoms with Crippen LogP contribution in [0.15, 0.2) is 42.5 Å². The number of rotatable bonds is 19. The van der Waals surface area contributed by atoms with Crippen molar-refractivity contribution in [3.8, 4) is 5.75 Å². The summed E-state index contributed by atoms with van der Waals surface area (Å²) in [7, 11) is 1.56. The molecule has 2 aromatic rings. The van der Waals surface area contributed by atoms with Crippen LogP contribution < -0.4 is 15.4 Å². The number of benzene rings is 2. The number of carbonyl (C=O) groups is 4. The summed E-state index contributed by atoms with van der Waals surface area (Å²) < 4.78 is 49.9. The second kappa shape index (κ2) is 19.7. The van der Waals surface area contributed by atoms with Gasteiger partial charge >= 0.3 is 12.2 Å². The van der Waals surface area contributed by atoms with Crippen LogP contribution in [0, 0.1) is 17.0 Å². The summed E-state index contributed by atoms with van der Waals surface area (Å²) in [5.41, 5.74) is -1.31. The highest BCUT2D eigenvalue weighted by Gasteiger charge is 2.31. The lowest BCUT2D eigenvalue weighted by molar-refractivity contribution is -0.130. The first-order valence-corrected chi connectivity index (χ1v) is 17.4. The fourth-order valence-electron chi connectivity index (χ4n) is 5.12. The minimum Gasteiger partial charge on any atom is -0.497 e. The molecule has 2 aromatic carbocycles. The lowest BCUT2D eigenvalue weighted by Gasteiger charge is -2.28. The molecule has 0 radical (unpaired) electrons. The summed E-state index contributed by atoms with van der Waals surface area (Å²) in [6.45, 7) is 13.9. The quantitative estimate of drug-likeness (QED) is 0.139. The van der Waals surface area contributed by atoms with E-state index in [-0.39, 0.29) is 50.2 Å². The minimum atomic E-state index is -1.59. The van der Waals surface area contributed by atoms with Crippen molar-refractivity contribution in [2.24, 2.45) is 5.41 Å². The van der Waals surface area contributed by atoms with E-state index in [9.17, 15) is 33.1 Å². The molecule has 3 N–H and O–H groups in total. The number of aliphatic hydroxyl groups is 1. The molecule has 0 saturated carbocycles. The van der Waals surface area contributed by atoms with Crippen LogP contribution in [0.2, 0.25) is 0 Å². The van der Waals surface area contributed by atoms with E-state index in [0.29, 0.717) is 18.6 Å². The SMILES string of the molecule is COc1ccc(COCC(NC(=O)OC(C)(C)C)C(O)C(=O)CCC(C)(C)CCC(=O)CC(Cc2cc(F)ccc2F)NC(=O)OC(C)(C)C)cc1. The first-order chi connectivity index (χ1) is 24.1. The van der Waals surface area contributed by atoms with Gasteiger partial charge < -0.3 is 34.7 Å². The molecule has 2 amide bonds. The van der Waals surface area contributed by atoms with Crippen molar-refractivity contribution in [2.75, 3.05) is 13.7 Å². The van der Waals surface area contributed by atoms with Gasteiger partial charge in [0.05, 0.1) is 26.4 Å². The van der Waals surface area contributed by atoms with E-state index in [0.717, 1.165) is 23.8 Å². The number of methoxy groups -OCH3 is 1. The molecule has 13 heteroatoms. The Hall–Kier alpha value is -4.10. The smallest absolute Gasteiger partial charge is 0.408 e. The minimum absolute atomic E-state index is 0.0110. The second-order valence-corrected chi connectivity index (χ2v) is 15.7. The van der Waals surface area contributed by atoms with Gasteiger partial charge in [0, 0.05) is 25.3 Å². The molecular formula is C39H56F2N2O9. The van der Waals surface area contributed by atoms with Crippen LogP contribution in [0.4, 0.5) is 18.4 Å². The van der Waals surface area contributed by atoms with Crippen LogP contribution in [0.1, 0.15) is 98.6 Å². The number of hydrogen-bond acceptors (Lipinski definition) is 9. The van der Waals surface area contributed by atoms with Crippen molar-refractivity contribution in [3.05, 3.63) is 65.2 Å². The zero-order chi connectivity index (χ0) is 39.3. The largest absolute Gasteiger partial charge is 0.497 e. The Balaban J connectivity index is 2.01. The molecule has 52 heavy (non-hydrogen) atoms. The molecular weight excluding hydrogens is 678 g/mol. The monoisotopic (exact) mass is 734 g/mol. The molecule has 0 aliphatic heterocycles. The summed E-state index contributed by atoms with van der Waals surface area (Å²) in [6, 6.07) is 8.22. The maximum absolute atomic E-state index is 14.4. The Labute approximate surface area is 306 Å². The van der Waals surface area contributed by atoms with Crippen molar-refractivity contribution in [1.82, 2.24) is 10.6 Å². The Kier molecular flexibility index (Phi) is 16.7. The number of ketones is 2. The first-order valence-electron chi connectivity index (χ1n) is 17.4. The molecule has 0 fully saturated rings. The van der Waals surface area contributed by atoms with E-state index >= 15 is 0 Å². The number of aliphatic hydroxyl groups excluding tert-OH is 1. The Bertz CT molecular complexity index is 1480. The highest BCUT2D eigenvalue weighted by atomic mass is 19.1. The number of hydrogen-bond donors (Lipinski definition) is 3. The van der Waals surface area contributed by atoms with E-state index in [1.807, 2.05) is 26.0 Å². The molecule has 0 spiro atoms. The molecule has 11 nitrogen and oxygen atoms in total. The molecule has 0 aliphatic rings. The molecule has 0 aliphatic carbocycles. The van der Waals surface area contributed by atoms with Crippen molar-refractivity contribution < 1.29 is 52.0 Å². The van der Waals surface area contributed by atoms with E-state index in [4.69, 9.17) is 18.9 Å². The number of nitrogens with one attached hydrogen (secondary N) is 2. The third kappa shape index (κ3) is 17.4. The van der Waals surface area contributed by atoms with E-state index in [1.165, 1.54) is 0 Å². The first kappa shape index (κ1) is 44.1. The van der Waals surface area contributed by atoms with Gasteiger partial charge in [-0.2, -0.15) is 0 Å². The van der Waals surface area contributed by atoms with Crippen molar-refractivity contribution in [1.29, 1.82) is 0 Å². The number of halogens is 2. The summed E-state index contributed by atoms with van der Waals surface area (Å²) >= 11 is 0. The maximum atomic E-state index is 14.4. The van der Waals surface area contributed by atoms with Gasteiger partial charge in [0.15, 0.2) is 5.78 Å². The zero-order valence-electron chi connectivity index (χ0n) is 31.9. The molecule has 0 heterocycles. The van der Waals surface area contributed by atoms with E-state index < -0.39 is 64.4 Å². The van der Waals surface area contributed by atoms with Gasteiger partial charge in [-0.25, -0.2) is 18.4 Å². The normalized spacial score (nSPS) is 13.8.